The molecule has 1 aromatic carbocycles. The standard InChI is InChI=1S/C18H21NS/c1-4-8-17-16(13-14(5-2)11-12-19-3)15-9-6-7-10-18(15)20-17/h5-13,19H,4H2,1-3H3/b12-11-,14-5+,16-13-,17-8+. The van der Waals surface area contributed by atoms with E-state index in [1.807, 2.05) is 24.6 Å². The molecular formula is C18H21NS. The van der Waals surface area contributed by atoms with Crippen LogP contribution in [0.5, 0.6) is 0 Å². The molecule has 104 valence electrons. The smallest absolute Gasteiger partial charge is 0.0355 e. The van der Waals surface area contributed by atoms with E-state index < -0.39 is 0 Å². The van der Waals surface area contributed by atoms with Crippen molar-refractivity contribution < 1.29 is 0 Å². The lowest BCUT2D eigenvalue weighted by molar-refractivity contribution is 1.10. The fraction of sp³-hybridized carbons (Fsp3) is 0.222. The van der Waals surface area contributed by atoms with Crippen LogP contribution < -0.4 is 15.1 Å². The summed E-state index contributed by atoms with van der Waals surface area (Å²) in [5, 5.41) is 5.72. The molecule has 2 heteroatoms. The Labute approximate surface area is 124 Å². The van der Waals surface area contributed by atoms with Crippen molar-refractivity contribution in [3.8, 4) is 0 Å². The molecule has 0 atom stereocenters. The number of fused-ring (bicyclic) bond motifs is 1. The third kappa shape index (κ3) is 3.20. The molecule has 0 saturated carbocycles. The summed E-state index contributed by atoms with van der Waals surface area (Å²) >= 11 is 1.87. The molecule has 1 nitrogen and oxygen atoms in total. The zero-order chi connectivity index (χ0) is 14.4. The average Bonchev–Trinajstić information content (AvgIpc) is 2.81. The molecule has 1 heterocycles. The van der Waals surface area contributed by atoms with Gasteiger partial charge in [-0.3, -0.25) is 0 Å². The van der Waals surface area contributed by atoms with Crippen LogP contribution in [-0.2, 0) is 0 Å². The first-order valence-electron chi connectivity index (χ1n) is 6.99. The van der Waals surface area contributed by atoms with Crippen LogP contribution >= 0.6 is 11.3 Å². The van der Waals surface area contributed by atoms with Gasteiger partial charge in [-0.05, 0) is 43.3 Å². The maximum absolute atomic E-state index is 3.04. The number of rotatable bonds is 4. The Bertz CT molecular complexity index is 747. The van der Waals surface area contributed by atoms with E-state index in [-0.39, 0.29) is 0 Å². The summed E-state index contributed by atoms with van der Waals surface area (Å²) in [6, 6.07) is 8.62. The van der Waals surface area contributed by atoms with Crippen LogP contribution in [0.2, 0.25) is 0 Å². The summed E-state index contributed by atoms with van der Waals surface area (Å²) in [4.78, 5) is 0. The van der Waals surface area contributed by atoms with E-state index in [2.05, 4.69) is 67.7 Å². The number of hydrogen-bond donors (Lipinski definition) is 1. The third-order valence-corrected chi connectivity index (χ3v) is 4.32. The molecule has 0 spiro atoms. The summed E-state index contributed by atoms with van der Waals surface area (Å²) in [5.74, 6) is 0. The maximum atomic E-state index is 3.04. The quantitative estimate of drug-likeness (QED) is 0.846. The van der Waals surface area contributed by atoms with Gasteiger partial charge in [0.15, 0.2) is 0 Å². The molecule has 0 radical (unpaired) electrons. The summed E-state index contributed by atoms with van der Waals surface area (Å²) in [6.07, 6.45) is 11.8. The maximum Gasteiger partial charge on any atom is 0.0355 e. The summed E-state index contributed by atoms with van der Waals surface area (Å²) in [6.45, 7) is 4.26. The summed E-state index contributed by atoms with van der Waals surface area (Å²) < 4.78 is 2.72. The van der Waals surface area contributed by atoms with Crippen LogP contribution in [-0.4, -0.2) is 7.05 Å². The Kier molecular flexibility index (Phi) is 5.19. The Hall–Kier alpha value is -1.80. The van der Waals surface area contributed by atoms with Gasteiger partial charge in [-0.1, -0.05) is 37.3 Å². The van der Waals surface area contributed by atoms with Gasteiger partial charge in [0, 0.05) is 26.9 Å². The molecule has 0 unspecified atom stereocenters. The summed E-state index contributed by atoms with van der Waals surface area (Å²) in [5.41, 5.74) is 1.22. The molecule has 0 aliphatic carbocycles. The molecule has 0 aliphatic rings. The van der Waals surface area contributed by atoms with Gasteiger partial charge in [0.2, 0.25) is 0 Å². The highest BCUT2D eigenvalue weighted by molar-refractivity contribution is 7.17. The first kappa shape index (κ1) is 14.6. The van der Waals surface area contributed by atoms with Crippen LogP contribution in [0.1, 0.15) is 20.3 Å². The molecule has 2 rings (SSSR count). The molecule has 1 N–H and O–H groups in total. The van der Waals surface area contributed by atoms with Crippen molar-refractivity contribution in [1.29, 1.82) is 0 Å². The highest BCUT2D eigenvalue weighted by atomic mass is 32.1. The topological polar surface area (TPSA) is 12.0 Å². The van der Waals surface area contributed by atoms with E-state index in [1.54, 1.807) is 0 Å². The van der Waals surface area contributed by atoms with E-state index >= 15 is 0 Å². The SMILES string of the molecule is C/C=C(\C=C/NC)/C=c1\c(=C/CC)sc2ccccc12. The number of benzene rings is 1. The second-order valence-electron chi connectivity index (χ2n) is 4.54. The van der Waals surface area contributed by atoms with E-state index in [0.29, 0.717) is 0 Å². The zero-order valence-electron chi connectivity index (χ0n) is 12.3. The van der Waals surface area contributed by atoms with Gasteiger partial charge in [0.25, 0.3) is 0 Å². The Morgan fingerprint density at radius 3 is 2.80 bits per heavy atom. The summed E-state index contributed by atoms with van der Waals surface area (Å²) in [7, 11) is 1.92. The highest BCUT2D eigenvalue weighted by Gasteiger charge is 2.00. The average molecular weight is 283 g/mol. The second kappa shape index (κ2) is 7.11. The molecule has 0 aliphatic heterocycles. The minimum atomic E-state index is 1.06. The number of hydrogen-bond acceptors (Lipinski definition) is 2. The van der Waals surface area contributed by atoms with Crippen molar-refractivity contribution in [2.24, 2.45) is 0 Å². The molecule has 1 aromatic heterocycles. The van der Waals surface area contributed by atoms with Gasteiger partial charge in [0.05, 0.1) is 0 Å². The number of thiophene rings is 1. The molecular weight excluding hydrogens is 262 g/mol. The van der Waals surface area contributed by atoms with E-state index in [1.165, 1.54) is 25.4 Å². The largest absolute Gasteiger partial charge is 0.394 e. The van der Waals surface area contributed by atoms with Crippen LogP contribution in [0.3, 0.4) is 0 Å². The third-order valence-electron chi connectivity index (χ3n) is 3.14. The lowest BCUT2D eigenvalue weighted by Crippen LogP contribution is -2.18. The minimum Gasteiger partial charge on any atom is -0.394 e. The van der Waals surface area contributed by atoms with Gasteiger partial charge in [-0.2, -0.15) is 0 Å². The minimum absolute atomic E-state index is 1.06. The zero-order valence-corrected chi connectivity index (χ0v) is 13.1. The predicted molar refractivity (Wildman–Crippen MR) is 92.3 cm³/mol. The molecule has 20 heavy (non-hydrogen) atoms. The monoisotopic (exact) mass is 283 g/mol. The highest BCUT2D eigenvalue weighted by Crippen LogP contribution is 2.13. The molecule has 0 bridgehead atoms. The molecule has 2 aromatic rings. The van der Waals surface area contributed by atoms with Gasteiger partial charge in [-0.15, -0.1) is 11.3 Å². The van der Waals surface area contributed by atoms with E-state index in [4.69, 9.17) is 0 Å². The van der Waals surface area contributed by atoms with Crippen LogP contribution in [0.15, 0.2) is 48.2 Å². The molecule has 0 fully saturated rings. The number of nitrogens with one attached hydrogen (secondary N) is 1. The predicted octanol–water partition coefficient (Wildman–Crippen LogP) is 3.55. The van der Waals surface area contributed by atoms with Gasteiger partial charge < -0.3 is 5.32 Å². The Balaban J connectivity index is 2.71. The second-order valence-corrected chi connectivity index (χ2v) is 5.63. The fourth-order valence-corrected chi connectivity index (χ4v) is 3.34. The molecule has 0 amide bonds. The molecule has 0 saturated heterocycles. The van der Waals surface area contributed by atoms with Crippen LogP contribution in [0, 0.1) is 0 Å². The van der Waals surface area contributed by atoms with Crippen molar-refractivity contribution in [3.05, 3.63) is 57.9 Å². The first-order valence-corrected chi connectivity index (χ1v) is 7.81. The van der Waals surface area contributed by atoms with Crippen molar-refractivity contribution in [3.63, 3.8) is 0 Å². The Morgan fingerprint density at radius 1 is 1.30 bits per heavy atom. The van der Waals surface area contributed by atoms with Crippen molar-refractivity contribution in [2.45, 2.75) is 20.3 Å². The van der Waals surface area contributed by atoms with Crippen molar-refractivity contribution >= 4 is 33.6 Å². The van der Waals surface area contributed by atoms with Gasteiger partial charge in [-0.25, -0.2) is 0 Å². The van der Waals surface area contributed by atoms with Crippen LogP contribution in [0.4, 0.5) is 0 Å². The fourth-order valence-electron chi connectivity index (χ4n) is 2.14. The lowest BCUT2D eigenvalue weighted by Gasteiger charge is -1.93. The van der Waals surface area contributed by atoms with Crippen LogP contribution in [0.25, 0.3) is 22.2 Å². The van der Waals surface area contributed by atoms with Gasteiger partial charge >= 0.3 is 0 Å². The Morgan fingerprint density at radius 2 is 2.10 bits per heavy atom. The first-order chi connectivity index (χ1) is 9.80. The van der Waals surface area contributed by atoms with E-state index in [0.717, 1.165) is 6.42 Å². The normalized spacial score (nSPS) is 14.7. The van der Waals surface area contributed by atoms with Gasteiger partial charge in [0.1, 0.15) is 0 Å². The van der Waals surface area contributed by atoms with Crippen molar-refractivity contribution in [2.75, 3.05) is 7.05 Å². The lowest BCUT2D eigenvalue weighted by atomic mass is 10.1. The van der Waals surface area contributed by atoms with E-state index in [9.17, 15) is 0 Å². The number of allylic oxidation sites excluding steroid dienone is 3. The van der Waals surface area contributed by atoms with Crippen molar-refractivity contribution in [1.82, 2.24) is 5.32 Å².